The first-order valence-corrected chi connectivity index (χ1v) is 12.2. The van der Waals surface area contributed by atoms with Crippen molar-refractivity contribution in [2.75, 3.05) is 5.32 Å². The van der Waals surface area contributed by atoms with E-state index in [4.69, 9.17) is 4.42 Å². The van der Waals surface area contributed by atoms with Crippen molar-refractivity contribution in [3.63, 3.8) is 0 Å². The largest absolute Gasteiger partial charge is 0.456 e. The zero-order chi connectivity index (χ0) is 23.9. The molecule has 2 nitrogen and oxygen atoms in total. The van der Waals surface area contributed by atoms with Gasteiger partial charge in [-0.25, -0.2) is 0 Å². The Morgan fingerprint density at radius 1 is 0.444 bits per heavy atom. The fourth-order valence-electron chi connectivity index (χ4n) is 5.14. The van der Waals surface area contributed by atoms with Crippen LogP contribution in [0.2, 0.25) is 0 Å². The Labute approximate surface area is 209 Å². The second kappa shape index (κ2) is 8.44. The highest BCUT2D eigenvalue weighted by Crippen LogP contribution is 2.41. The molecule has 0 unspecified atom stereocenters. The van der Waals surface area contributed by atoms with Crippen LogP contribution in [0.4, 0.5) is 11.4 Å². The summed E-state index contributed by atoms with van der Waals surface area (Å²) in [6, 6.07) is 46.7. The quantitative estimate of drug-likeness (QED) is 0.282. The summed E-state index contributed by atoms with van der Waals surface area (Å²) >= 11 is 0. The third kappa shape index (κ3) is 3.52. The van der Waals surface area contributed by atoms with E-state index in [0.29, 0.717) is 0 Å². The molecule has 0 saturated heterocycles. The number of nitrogens with one attached hydrogen (secondary N) is 1. The summed E-state index contributed by atoms with van der Waals surface area (Å²) in [5.74, 6) is 0. The normalized spacial score (nSPS) is 11.3. The highest BCUT2D eigenvalue weighted by atomic mass is 16.3. The van der Waals surface area contributed by atoms with Gasteiger partial charge in [0.05, 0.1) is 0 Å². The van der Waals surface area contributed by atoms with Crippen molar-refractivity contribution >= 4 is 44.1 Å². The number of para-hydroxylation sites is 1. The molecule has 0 aliphatic heterocycles. The van der Waals surface area contributed by atoms with E-state index < -0.39 is 0 Å². The average molecular weight is 462 g/mol. The number of anilines is 2. The first-order valence-electron chi connectivity index (χ1n) is 12.2. The Hall–Kier alpha value is -4.82. The van der Waals surface area contributed by atoms with Crippen LogP contribution in [-0.2, 0) is 0 Å². The second-order valence-electron chi connectivity index (χ2n) is 9.09. The minimum absolute atomic E-state index is 0.880. The van der Waals surface area contributed by atoms with E-state index in [2.05, 4.69) is 121 Å². The summed E-state index contributed by atoms with van der Waals surface area (Å²) < 4.78 is 6.34. The van der Waals surface area contributed by atoms with Crippen LogP contribution in [0.5, 0.6) is 0 Å². The summed E-state index contributed by atoms with van der Waals surface area (Å²) in [5, 5.41) is 8.36. The molecule has 7 aromatic rings. The highest BCUT2D eigenvalue weighted by Gasteiger charge is 2.16. The molecule has 0 aliphatic carbocycles. The molecule has 170 valence electrons. The van der Waals surface area contributed by atoms with Gasteiger partial charge in [0.15, 0.2) is 0 Å². The Bertz CT molecular complexity index is 1840. The maximum absolute atomic E-state index is 6.34. The number of furan rings is 1. The van der Waals surface area contributed by atoms with Crippen molar-refractivity contribution in [2.24, 2.45) is 0 Å². The first-order chi connectivity index (χ1) is 17.8. The summed E-state index contributed by atoms with van der Waals surface area (Å²) in [5.41, 5.74) is 8.59. The molecule has 0 amide bonds. The van der Waals surface area contributed by atoms with Gasteiger partial charge in [0.2, 0.25) is 0 Å². The van der Waals surface area contributed by atoms with E-state index in [-0.39, 0.29) is 0 Å². The molecular weight excluding hydrogens is 438 g/mol. The third-order valence-corrected chi connectivity index (χ3v) is 6.84. The van der Waals surface area contributed by atoms with E-state index in [1.807, 2.05) is 18.2 Å². The molecule has 0 radical (unpaired) electrons. The molecule has 0 fully saturated rings. The molecule has 1 N–H and O–H groups in total. The standard InChI is InChI=1S/C34H23NO/c1-2-9-23(10-3-1)24-17-19-26(20-18-24)35-27-21-31(29-15-8-12-25-11-4-5-13-28(25)29)34-30-14-6-7-16-32(30)36-33(34)22-27/h1-22,35H. The molecule has 0 saturated carbocycles. The third-order valence-electron chi connectivity index (χ3n) is 6.84. The Balaban J connectivity index is 1.38. The van der Waals surface area contributed by atoms with Crippen molar-refractivity contribution < 1.29 is 4.42 Å². The molecule has 36 heavy (non-hydrogen) atoms. The monoisotopic (exact) mass is 461 g/mol. The summed E-state index contributed by atoms with van der Waals surface area (Å²) in [4.78, 5) is 0. The van der Waals surface area contributed by atoms with Crippen LogP contribution in [0.15, 0.2) is 138 Å². The molecule has 1 aromatic heterocycles. The van der Waals surface area contributed by atoms with Gasteiger partial charge < -0.3 is 9.73 Å². The summed E-state index contributed by atoms with van der Waals surface area (Å²) in [6.07, 6.45) is 0. The lowest BCUT2D eigenvalue weighted by Gasteiger charge is -2.13. The summed E-state index contributed by atoms with van der Waals surface area (Å²) in [7, 11) is 0. The Morgan fingerprint density at radius 3 is 2.00 bits per heavy atom. The van der Waals surface area contributed by atoms with Gasteiger partial charge in [0.1, 0.15) is 11.2 Å². The number of hydrogen-bond acceptors (Lipinski definition) is 2. The van der Waals surface area contributed by atoms with E-state index in [0.717, 1.165) is 38.9 Å². The molecular formula is C34H23NO. The van der Waals surface area contributed by atoms with E-state index in [1.54, 1.807) is 0 Å². The van der Waals surface area contributed by atoms with Gasteiger partial charge in [-0.2, -0.15) is 0 Å². The molecule has 1 heterocycles. The van der Waals surface area contributed by atoms with Gasteiger partial charge in [-0.05, 0) is 57.3 Å². The van der Waals surface area contributed by atoms with Gasteiger partial charge >= 0.3 is 0 Å². The van der Waals surface area contributed by atoms with Crippen LogP contribution in [0, 0.1) is 0 Å². The van der Waals surface area contributed by atoms with Crippen molar-refractivity contribution in [3.05, 3.63) is 133 Å². The average Bonchev–Trinajstić information content (AvgIpc) is 3.32. The number of rotatable bonds is 4. The van der Waals surface area contributed by atoms with Crippen LogP contribution in [0.1, 0.15) is 0 Å². The van der Waals surface area contributed by atoms with Crippen LogP contribution in [0.3, 0.4) is 0 Å². The first kappa shape index (κ1) is 20.5. The van der Waals surface area contributed by atoms with Gasteiger partial charge in [-0.1, -0.05) is 103 Å². The molecule has 0 spiro atoms. The molecule has 0 bridgehead atoms. The van der Waals surface area contributed by atoms with Crippen molar-refractivity contribution in [1.82, 2.24) is 0 Å². The maximum Gasteiger partial charge on any atom is 0.138 e. The van der Waals surface area contributed by atoms with Crippen molar-refractivity contribution in [1.29, 1.82) is 0 Å². The fraction of sp³-hybridized carbons (Fsp3) is 0. The van der Waals surface area contributed by atoms with E-state index in [1.165, 1.54) is 27.5 Å². The zero-order valence-electron chi connectivity index (χ0n) is 19.6. The molecule has 7 rings (SSSR count). The van der Waals surface area contributed by atoms with Gasteiger partial charge in [-0.15, -0.1) is 0 Å². The van der Waals surface area contributed by atoms with Gasteiger partial charge in [0, 0.05) is 28.2 Å². The van der Waals surface area contributed by atoms with Crippen LogP contribution in [-0.4, -0.2) is 0 Å². The van der Waals surface area contributed by atoms with Crippen LogP contribution >= 0.6 is 0 Å². The number of hydrogen-bond donors (Lipinski definition) is 1. The lowest BCUT2D eigenvalue weighted by molar-refractivity contribution is 0.669. The predicted molar refractivity (Wildman–Crippen MR) is 152 cm³/mol. The fourth-order valence-corrected chi connectivity index (χ4v) is 5.14. The molecule has 0 aliphatic rings. The predicted octanol–water partition coefficient (Wildman–Crippen LogP) is 9.82. The zero-order valence-corrected chi connectivity index (χ0v) is 19.6. The van der Waals surface area contributed by atoms with Crippen molar-refractivity contribution in [2.45, 2.75) is 0 Å². The molecule has 2 heteroatoms. The Morgan fingerprint density at radius 2 is 1.14 bits per heavy atom. The van der Waals surface area contributed by atoms with Gasteiger partial charge in [0.25, 0.3) is 0 Å². The minimum atomic E-state index is 0.880. The SMILES string of the molecule is c1ccc(-c2ccc(Nc3cc(-c4cccc5ccccc45)c4c(c3)oc3ccccc34)cc2)cc1. The molecule has 6 aromatic carbocycles. The minimum Gasteiger partial charge on any atom is -0.456 e. The lowest BCUT2D eigenvalue weighted by Crippen LogP contribution is -1.92. The van der Waals surface area contributed by atoms with E-state index >= 15 is 0 Å². The van der Waals surface area contributed by atoms with Crippen LogP contribution in [0.25, 0.3) is 55.0 Å². The summed E-state index contributed by atoms with van der Waals surface area (Å²) in [6.45, 7) is 0. The van der Waals surface area contributed by atoms with Crippen LogP contribution < -0.4 is 5.32 Å². The van der Waals surface area contributed by atoms with Crippen molar-refractivity contribution in [3.8, 4) is 22.3 Å². The smallest absolute Gasteiger partial charge is 0.138 e. The number of fused-ring (bicyclic) bond motifs is 4. The maximum atomic E-state index is 6.34. The van der Waals surface area contributed by atoms with Gasteiger partial charge in [-0.3, -0.25) is 0 Å². The lowest BCUT2D eigenvalue weighted by atomic mass is 9.94. The highest BCUT2D eigenvalue weighted by molar-refractivity contribution is 6.16. The second-order valence-corrected chi connectivity index (χ2v) is 9.09. The van der Waals surface area contributed by atoms with E-state index in [9.17, 15) is 0 Å². The topological polar surface area (TPSA) is 25.2 Å². The number of benzene rings is 6. The molecule has 0 atom stereocenters. The Kier molecular flexibility index (Phi) is 4.82.